The zero-order valence-corrected chi connectivity index (χ0v) is 16.7. The lowest BCUT2D eigenvalue weighted by molar-refractivity contribution is 0.426. The standard InChI is InChI=1S/C21H22N2O3S/c1-13-9-10-18(21-15(3)16(4)22-26-21)12-20(13)27(24,25)23-14(2)11-17-7-5-6-8-19(17)23/h5-10,12,14H,11H2,1-4H3. The molecule has 5 nitrogen and oxygen atoms in total. The molecule has 0 aliphatic carbocycles. The van der Waals surface area contributed by atoms with E-state index >= 15 is 0 Å². The van der Waals surface area contributed by atoms with Crippen molar-refractivity contribution < 1.29 is 12.9 Å². The Morgan fingerprint density at radius 1 is 1.11 bits per heavy atom. The van der Waals surface area contributed by atoms with E-state index in [1.807, 2.05) is 64.1 Å². The fraction of sp³-hybridized carbons (Fsp3) is 0.286. The predicted octanol–water partition coefficient (Wildman–Crippen LogP) is 4.41. The van der Waals surface area contributed by atoms with Gasteiger partial charge in [-0.3, -0.25) is 4.31 Å². The number of anilines is 1. The molecule has 2 heterocycles. The molecule has 0 saturated heterocycles. The lowest BCUT2D eigenvalue weighted by Gasteiger charge is -2.25. The van der Waals surface area contributed by atoms with Crippen molar-refractivity contribution in [3.63, 3.8) is 0 Å². The summed E-state index contributed by atoms with van der Waals surface area (Å²) in [5.41, 5.74) is 4.98. The van der Waals surface area contributed by atoms with Crippen LogP contribution in [0.25, 0.3) is 11.3 Å². The van der Waals surface area contributed by atoms with E-state index in [2.05, 4.69) is 5.16 Å². The minimum Gasteiger partial charge on any atom is -0.356 e. The Balaban J connectivity index is 1.86. The van der Waals surface area contributed by atoms with Crippen molar-refractivity contribution in [1.82, 2.24) is 5.16 Å². The molecule has 1 aliphatic rings. The van der Waals surface area contributed by atoms with Crippen LogP contribution < -0.4 is 4.31 Å². The second kappa shape index (κ2) is 6.23. The third-order valence-electron chi connectivity index (χ3n) is 5.29. The van der Waals surface area contributed by atoms with Crippen molar-refractivity contribution in [3.8, 4) is 11.3 Å². The van der Waals surface area contributed by atoms with Gasteiger partial charge in [-0.15, -0.1) is 0 Å². The van der Waals surface area contributed by atoms with Crippen LogP contribution >= 0.6 is 0 Å². The lowest BCUT2D eigenvalue weighted by Crippen LogP contribution is -2.36. The summed E-state index contributed by atoms with van der Waals surface area (Å²) in [5.74, 6) is 0.610. The van der Waals surface area contributed by atoms with Crippen molar-refractivity contribution in [2.75, 3.05) is 4.31 Å². The van der Waals surface area contributed by atoms with Crippen LogP contribution in [-0.2, 0) is 16.4 Å². The number of rotatable bonds is 3. The van der Waals surface area contributed by atoms with E-state index in [1.165, 1.54) is 0 Å². The molecule has 140 valence electrons. The Kier molecular flexibility index (Phi) is 4.11. The number of hydrogen-bond donors (Lipinski definition) is 0. The topological polar surface area (TPSA) is 63.4 Å². The number of hydrogen-bond acceptors (Lipinski definition) is 4. The predicted molar refractivity (Wildman–Crippen MR) is 105 cm³/mol. The first-order chi connectivity index (χ1) is 12.8. The zero-order valence-electron chi connectivity index (χ0n) is 15.9. The Labute approximate surface area is 159 Å². The van der Waals surface area contributed by atoms with Crippen LogP contribution in [0.3, 0.4) is 0 Å². The molecule has 1 aromatic heterocycles. The molecule has 2 aromatic carbocycles. The Morgan fingerprint density at radius 3 is 2.56 bits per heavy atom. The van der Waals surface area contributed by atoms with Gasteiger partial charge >= 0.3 is 0 Å². The van der Waals surface area contributed by atoms with Gasteiger partial charge in [0.1, 0.15) is 0 Å². The van der Waals surface area contributed by atoms with E-state index in [4.69, 9.17) is 4.52 Å². The third-order valence-corrected chi connectivity index (χ3v) is 7.36. The molecule has 6 heteroatoms. The maximum atomic E-state index is 13.6. The number of fused-ring (bicyclic) bond motifs is 1. The number of aryl methyl sites for hydroxylation is 2. The summed E-state index contributed by atoms with van der Waals surface area (Å²) in [6.07, 6.45) is 0.717. The molecule has 1 atom stereocenters. The van der Waals surface area contributed by atoms with Gasteiger partial charge in [-0.2, -0.15) is 0 Å². The Hall–Kier alpha value is -2.60. The van der Waals surface area contributed by atoms with Crippen molar-refractivity contribution in [2.45, 2.75) is 45.1 Å². The number of aromatic nitrogens is 1. The minimum atomic E-state index is -3.70. The van der Waals surface area contributed by atoms with E-state index in [-0.39, 0.29) is 6.04 Å². The summed E-state index contributed by atoms with van der Waals surface area (Å²) < 4.78 is 34.1. The molecule has 0 spiro atoms. The van der Waals surface area contributed by atoms with Crippen molar-refractivity contribution in [1.29, 1.82) is 0 Å². The van der Waals surface area contributed by atoms with E-state index in [0.29, 0.717) is 22.6 Å². The molecule has 0 radical (unpaired) electrons. The second-order valence-corrected chi connectivity index (χ2v) is 8.97. The van der Waals surface area contributed by atoms with Gasteiger partial charge in [0.25, 0.3) is 10.0 Å². The van der Waals surface area contributed by atoms with Gasteiger partial charge in [0, 0.05) is 17.2 Å². The zero-order chi connectivity index (χ0) is 19.3. The van der Waals surface area contributed by atoms with E-state index in [9.17, 15) is 8.42 Å². The Bertz CT molecular complexity index is 1130. The highest BCUT2D eigenvalue weighted by Gasteiger charge is 2.36. The molecule has 27 heavy (non-hydrogen) atoms. The number of para-hydroxylation sites is 1. The molecule has 4 rings (SSSR count). The quantitative estimate of drug-likeness (QED) is 0.673. The molecule has 3 aromatic rings. The summed E-state index contributed by atoms with van der Waals surface area (Å²) in [7, 11) is -3.70. The first kappa shape index (κ1) is 17.8. The van der Waals surface area contributed by atoms with Gasteiger partial charge in [0.05, 0.1) is 16.3 Å². The van der Waals surface area contributed by atoms with Crippen molar-refractivity contribution >= 4 is 15.7 Å². The summed E-state index contributed by atoms with van der Waals surface area (Å²) >= 11 is 0. The molecular formula is C21H22N2O3S. The second-order valence-electron chi connectivity index (χ2n) is 7.19. The molecule has 1 unspecified atom stereocenters. The fourth-order valence-corrected chi connectivity index (χ4v) is 5.66. The number of sulfonamides is 1. The molecule has 0 bridgehead atoms. The van der Waals surface area contributed by atoms with Crippen LogP contribution in [0, 0.1) is 20.8 Å². The van der Waals surface area contributed by atoms with E-state index in [0.717, 1.165) is 28.1 Å². The monoisotopic (exact) mass is 382 g/mol. The number of nitrogens with zero attached hydrogens (tertiary/aromatic N) is 2. The van der Waals surface area contributed by atoms with Gasteiger partial charge in [0.15, 0.2) is 5.76 Å². The molecule has 1 aliphatic heterocycles. The van der Waals surface area contributed by atoms with Crippen LogP contribution in [0.5, 0.6) is 0 Å². The van der Waals surface area contributed by atoms with Crippen molar-refractivity contribution in [3.05, 3.63) is 64.8 Å². The van der Waals surface area contributed by atoms with Gasteiger partial charge in [-0.05, 0) is 57.4 Å². The van der Waals surface area contributed by atoms with Crippen LogP contribution in [0.15, 0.2) is 51.9 Å². The van der Waals surface area contributed by atoms with Crippen LogP contribution in [0.4, 0.5) is 5.69 Å². The maximum Gasteiger partial charge on any atom is 0.264 e. The van der Waals surface area contributed by atoms with Gasteiger partial charge in [0.2, 0.25) is 0 Å². The highest BCUT2D eigenvalue weighted by Crippen LogP contribution is 2.38. The van der Waals surface area contributed by atoms with E-state index < -0.39 is 10.0 Å². The fourth-order valence-electron chi connectivity index (χ4n) is 3.71. The SMILES string of the molecule is Cc1ccc(-c2onc(C)c2C)cc1S(=O)(=O)N1c2ccccc2CC1C. The minimum absolute atomic E-state index is 0.121. The molecule has 0 amide bonds. The van der Waals surface area contributed by atoms with Crippen molar-refractivity contribution in [2.24, 2.45) is 0 Å². The highest BCUT2D eigenvalue weighted by atomic mass is 32.2. The number of benzene rings is 2. The van der Waals surface area contributed by atoms with Gasteiger partial charge in [-0.1, -0.05) is 35.5 Å². The first-order valence-electron chi connectivity index (χ1n) is 8.97. The van der Waals surface area contributed by atoms with E-state index in [1.54, 1.807) is 10.4 Å². The molecule has 0 fully saturated rings. The largest absolute Gasteiger partial charge is 0.356 e. The third kappa shape index (κ3) is 2.75. The average Bonchev–Trinajstić information content (AvgIpc) is 3.14. The van der Waals surface area contributed by atoms with Gasteiger partial charge in [-0.25, -0.2) is 8.42 Å². The molecule has 0 saturated carbocycles. The molecular weight excluding hydrogens is 360 g/mol. The summed E-state index contributed by atoms with van der Waals surface area (Å²) in [6, 6.07) is 13.0. The normalized spacial score (nSPS) is 16.6. The lowest BCUT2D eigenvalue weighted by atomic mass is 10.1. The van der Waals surface area contributed by atoms with Gasteiger partial charge < -0.3 is 4.52 Å². The van der Waals surface area contributed by atoms with Crippen LogP contribution in [0.2, 0.25) is 0 Å². The Morgan fingerprint density at radius 2 is 1.85 bits per heavy atom. The summed E-state index contributed by atoms with van der Waals surface area (Å²) in [6.45, 7) is 7.56. The summed E-state index contributed by atoms with van der Waals surface area (Å²) in [5, 5.41) is 3.99. The highest BCUT2D eigenvalue weighted by molar-refractivity contribution is 7.93. The van der Waals surface area contributed by atoms with Crippen LogP contribution in [-0.4, -0.2) is 19.6 Å². The average molecular weight is 382 g/mol. The molecule has 0 N–H and O–H groups in total. The van der Waals surface area contributed by atoms with Crippen LogP contribution in [0.1, 0.15) is 29.3 Å². The smallest absolute Gasteiger partial charge is 0.264 e. The summed E-state index contributed by atoms with van der Waals surface area (Å²) in [4.78, 5) is 0.303. The first-order valence-corrected chi connectivity index (χ1v) is 10.4. The maximum absolute atomic E-state index is 13.6.